The molecule has 0 saturated carbocycles. The van der Waals surface area contributed by atoms with E-state index in [9.17, 15) is 0 Å². The van der Waals surface area contributed by atoms with Crippen molar-refractivity contribution >= 4 is 0 Å². The van der Waals surface area contributed by atoms with Crippen LogP contribution in [-0.2, 0) is 0 Å². The average Bonchev–Trinajstić information content (AvgIpc) is 2.02. The number of nitrogens with zero attached hydrogens (tertiary/aromatic N) is 1. The molecule has 0 heterocycles. The maximum Gasteiger partial charge on any atom is 0.0624 e. The zero-order valence-electron chi connectivity index (χ0n) is 10.4. The summed E-state index contributed by atoms with van der Waals surface area (Å²) in [5.74, 6) is 1.31. The molecule has 0 bridgehead atoms. The Labute approximate surface area is 89.5 Å². The quantitative estimate of drug-likeness (QED) is 0.638. The molecule has 1 nitrogen and oxygen atoms in total. The Kier molecular flexibility index (Phi) is 5.84. The van der Waals surface area contributed by atoms with Gasteiger partial charge in [-0.2, -0.15) is 5.26 Å². The van der Waals surface area contributed by atoms with E-state index in [4.69, 9.17) is 5.26 Å². The lowest BCUT2D eigenvalue weighted by Crippen LogP contribution is -2.22. The van der Waals surface area contributed by atoms with Gasteiger partial charge in [0.05, 0.1) is 6.07 Å². The predicted molar refractivity (Wildman–Crippen MR) is 61.9 cm³/mol. The highest BCUT2D eigenvalue weighted by molar-refractivity contribution is 4.80. The van der Waals surface area contributed by atoms with Gasteiger partial charge in [-0.05, 0) is 23.7 Å². The second kappa shape index (κ2) is 6.06. The summed E-state index contributed by atoms with van der Waals surface area (Å²) in [7, 11) is 0. The SMILES string of the molecule is CCCC(CC(C)CC#N)C(C)(C)C. The van der Waals surface area contributed by atoms with Gasteiger partial charge >= 0.3 is 0 Å². The second-order valence-electron chi connectivity index (χ2n) is 5.55. The van der Waals surface area contributed by atoms with Gasteiger partial charge in [-0.15, -0.1) is 0 Å². The molecule has 2 unspecified atom stereocenters. The van der Waals surface area contributed by atoms with Gasteiger partial charge in [0.15, 0.2) is 0 Å². The van der Waals surface area contributed by atoms with Crippen LogP contribution in [0, 0.1) is 28.6 Å². The van der Waals surface area contributed by atoms with Gasteiger partial charge in [-0.1, -0.05) is 47.5 Å². The van der Waals surface area contributed by atoms with Crippen molar-refractivity contribution in [2.45, 2.75) is 60.3 Å². The fourth-order valence-corrected chi connectivity index (χ4v) is 1.98. The third-order valence-corrected chi connectivity index (χ3v) is 2.99. The van der Waals surface area contributed by atoms with Gasteiger partial charge in [0.2, 0.25) is 0 Å². The molecule has 0 fully saturated rings. The van der Waals surface area contributed by atoms with Crippen molar-refractivity contribution in [3.05, 3.63) is 0 Å². The van der Waals surface area contributed by atoms with E-state index in [1.807, 2.05) is 0 Å². The summed E-state index contributed by atoms with van der Waals surface area (Å²) in [6.45, 7) is 11.4. The van der Waals surface area contributed by atoms with Crippen LogP contribution in [-0.4, -0.2) is 0 Å². The summed E-state index contributed by atoms with van der Waals surface area (Å²) in [6.07, 6.45) is 4.45. The Hall–Kier alpha value is -0.510. The van der Waals surface area contributed by atoms with Crippen molar-refractivity contribution in [2.24, 2.45) is 17.3 Å². The smallest absolute Gasteiger partial charge is 0.0624 e. The summed E-state index contributed by atoms with van der Waals surface area (Å²) in [5.41, 5.74) is 0.389. The average molecular weight is 195 g/mol. The zero-order valence-corrected chi connectivity index (χ0v) is 10.4. The van der Waals surface area contributed by atoms with Gasteiger partial charge in [-0.3, -0.25) is 0 Å². The molecule has 0 aromatic heterocycles. The highest BCUT2D eigenvalue weighted by atomic mass is 14.3. The number of hydrogen-bond acceptors (Lipinski definition) is 1. The largest absolute Gasteiger partial charge is 0.198 e. The minimum Gasteiger partial charge on any atom is -0.198 e. The molecule has 2 atom stereocenters. The Morgan fingerprint density at radius 1 is 1.29 bits per heavy atom. The van der Waals surface area contributed by atoms with Crippen LogP contribution in [0.3, 0.4) is 0 Å². The van der Waals surface area contributed by atoms with E-state index in [1.54, 1.807) is 0 Å². The molecular formula is C13H25N. The van der Waals surface area contributed by atoms with E-state index in [0.717, 1.165) is 5.92 Å². The summed E-state index contributed by atoms with van der Waals surface area (Å²) in [6, 6.07) is 2.27. The first-order valence-corrected chi connectivity index (χ1v) is 5.78. The Morgan fingerprint density at radius 3 is 2.21 bits per heavy atom. The highest BCUT2D eigenvalue weighted by Crippen LogP contribution is 2.35. The van der Waals surface area contributed by atoms with Crippen molar-refractivity contribution in [3.8, 4) is 6.07 Å². The van der Waals surface area contributed by atoms with Crippen LogP contribution >= 0.6 is 0 Å². The molecule has 14 heavy (non-hydrogen) atoms. The normalized spacial score (nSPS) is 16.0. The fraction of sp³-hybridized carbons (Fsp3) is 0.923. The van der Waals surface area contributed by atoms with Crippen molar-refractivity contribution in [1.82, 2.24) is 0 Å². The fourth-order valence-electron chi connectivity index (χ4n) is 1.98. The molecule has 0 N–H and O–H groups in total. The maximum atomic E-state index is 8.63. The van der Waals surface area contributed by atoms with Crippen LogP contribution in [0.1, 0.15) is 60.3 Å². The molecule has 0 aliphatic heterocycles. The molecule has 0 saturated heterocycles. The van der Waals surface area contributed by atoms with Gasteiger partial charge in [-0.25, -0.2) is 0 Å². The molecule has 1 heteroatoms. The van der Waals surface area contributed by atoms with E-state index in [0.29, 0.717) is 17.8 Å². The van der Waals surface area contributed by atoms with E-state index < -0.39 is 0 Å². The molecular weight excluding hydrogens is 170 g/mol. The molecule has 0 amide bonds. The molecule has 0 spiro atoms. The van der Waals surface area contributed by atoms with E-state index in [2.05, 4.69) is 40.7 Å². The molecule has 0 rings (SSSR count). The summed E-state index contributed by atoms with van der Waals surface area (Å²) in [5, 5.41) is 8.63. The molecule has 82 valence electrons. The number of nitriles is 1. The van der Waals surface area contributed by atoms with Gasteiger partial charge in [0, 0.05) is 6.42 Å². The highest BCUT2D eigenvalue weighted by Gasteiger charge is 2.25. The van der Waals surface area contributed by atoms with Crippen LogP contribution < -0.4 is 0 Å². The first-order chi connectivity index (χ1) is 6.41. The number of rotatable bonds is 5. The van der Waals surface area contributed by atoms with Crippen molar-refractivity contribution in [2.75, 3.05) is 0 Å². The third kappa shape index (κ3) is 5.27. The van der Waals surface area contributed by atoms with Crippen molar-refractivity contribution < 1.29 is 0 Å². The molecule has 0 aromatic carbocycles. The van der Waals surface area contributed by atoms with Gasteiger partial charge in [0.25, 0.3) is 0 Å². The zero-order chi connectivity index (χ0) is 11.2. The van der Waals surface area contributed by atoms with Crippen LogP contribution in [0.25, 0.3) is 0 Å². The van der Waals surface area contributed by atoms with Crippen LogP contribution in [0.2, 0.25) is 0 Å². The maximum absolute atomic E-state index is 8.63. The van der Waals surface area contributed by atoms with Crippen LogP contribution in [0.5, 0.6) is 0 Å². The lowest BCUT2D eigenvalue weighted by atomic mass is 9.73. The lowest BCUT2D eigenvalue weighted by Gasteiger charge is -2.32. The monoisotopic (exact) mass is 195 g/mol. The minimum atomic E-state index is 0.389. The topological polar surface area (TPSA) is 23.8 Å². The predicted octanol–water partition coefficient (Wildman–Crippen LogP) is 4.39. The van der Waals surface area contributed by atoms with Crippen LogP contribution in [0.15, 0.2) is 0 Å². The van der Waals surface area contributed by atoms with E-state index in [1.165, 1.54) is 19.3 Å². The van der Waals surface area contributed by atoms with Crippen LogP contribution in [0.4, 0.5) is 0 Å². The summed E-state index contributed by atoms with van der Waals surface area (Å²) >= 11 is 0. The Bertz CT molecular complexity index is 182. The Morgan fingerprint density at radius 2 is 1.86 bits per heavy atom. The minimum absolute atomic E-state index is 0.389. The molecule has 0 aliphatic carbocycles. The van der Waals surface area contributed by atoms with E-state index >= 15 is 0 Å². The first-order valence-electron chi connectivity index (χ1n) is 5.78. The van der Waals surface area contributed by atoms with Gasteiger partial charge in [0.1, 0.15) is 0 Å². The summed E-state index contributed by atoms with van der Waals surface area (Å²) < 4.78 is 0. The third-order valence-electron chi connectivity index (χ3n) is 2.99. The first kappa shape index (κ1) is 13.5. The molecule has 0 radical (unpaired) electrons. The Balaban J connectivity index is 4.17. The molecule has 0 aliphatic rings. The lowest BCUT2D eigenvalue weighted by molar-refractivity contribution is 0.186. The summed E-state index contributed by atoms with van der Waals surface area (Å²) in [4.78, 5) is 0. The second-order valence-corrected chi connectivity index (χ2v) is 5.55. The van der Waals surface area contributed by atoms with Gasteiger partial charge < -0.3 is 0 Å². The molecule has 0 aromatic rings. The van der Waals surface area contributed by atoms with Crippen molar-refractivity contribution in [3.63, 3.8) is 0 Å². The number of hydrogen-bond donors (Lipinski definition) is 0. The van der Waals surface area contributed by atoms with Crippen molar-refractivity contribution in [1.29, 1.82) is 5.26 Å². The van der Waals surface area contributed by atoms with E-state index in [-0.39, 0.29) is 0 Å². The standard InChI is InChI=1S/C13H25N/c1-6-7-12(13(3,4)5)10-11(2)8-9-14/h11-12H,6-8,10H2,1-5H3.